The van der Waals surface area contributed by atoms with Gasteiger partial charge in [0.1, 0.15) is 18.1 Å². The zero-order valence-electron chi connectivity index (χ0n) is 22.2. The predicted octanol–water partition coefficient (Wildman–Crippen LogP) is 4.78. The Morgan fingerprint density at radius 3 is 2.42 bits per heavy atom. The number of aromatic nitrogens is 2. The van der Waals surface area contributed by atoms with E-state index in [1.54, 1.807) is 49.8 Å². The second kappa shape index (κ2) is 12.7. The number of rotatable bonds is 8. The molecule has 0 spiro atoms. The minimum absolute atomic E-state index is 0.0570. The van der Waals surface area contributed by atoms with Crippen LogP contribution in [-0.2, 0) is 11.3 Å². The normalized spacial score (nSPS) is 13.6. The number of methoxy groups -OCH3 is 1. The Morgan fingerprint density at radius 1 is 0.950 bits per heavy atom. The van der Waals surface area contributed by atoms with Crippen LogP contribution in [0.15, 0.2) is 83.5 Å². The molecule has 5 rings (SSSR count). The summed E-state index contributed by atoms with van der Waals surface area (Å²) in [4.78, 5) is 32.2. The molecule has 1 saturated heterocycles. The van der Waals surface area contributed by atoms with Crippen molar-refractivity contribution in [3.63, 3.8) is 0 Å². The van der Waals surface area contributed by atoms with Crippen molar-refractivity contribution in [2.24, 2.45) is 0 Å². The van der Waals surface area contributed by atoms with Crippen LogP contribution in [0.25, 0.3) is 11.3 Å². The van der Waals surface area contributed by atoms with E-state index in [-0.39, 0.29) is 24.9 Å². The summed E-state index contributed by atoms with van der Waals surface area (Å²) in [6.07, 6.45) is 2.33. The van der Waals surface area contributed by atoms with Gasteiger partial charge in [0, 0.05) is 42.3 Å². The molecule has 3 heterocycles. The van der Waals surface area contributed by atoms with Crippen LogP contribution in [0.3, 0.4) is 0 Å². The summed E-state index contributed by atoms with van der Waals surface area (Å²) in [5, 5.41) is 9.41. The lowest BCUT2D eigenvalue weighted by molar-refractivity contribution is -0.131. The number of nitrogens with zero attached hydrogens (tertiary/aromatic N) is 5. The van der Waals surface area contributed by atoms with E-state index in [2.05, 4.69) is 15.1 Å². The van der Waals surface area contributed by atoms with E-state index in [0.29, 0.717) is 36.0 Å². The quantitative estimate of drug-likeness (QED) is 0.307. The Balaban J connectivity index is 1.22. The fraction of sp³-hybridized carbons (Fsp3) is 0.267. The molecule has 1 aliphatic heterocycles. The molecule has 1 fully saturated rings. The summed E-state index contributed by atoms with van der Waals surface area (Å²) >= 11 is 6.00. The van der Waals surface area contributed by atoms with Crippen LogP contribution in [0, 0.1) is 0 Å². The third-order valence-corrected chi connectivity index (χ3v) is 7.09. The molecule has 0 atom stereocenters. The van der Waals surface area contributed by atoms with Crippen LogP contribution >= 0.6 is 11.6 Å². The molecule has 0 saturated carbocycles. The zero-order valence-corrected chi connectivity index (χ0v) is 23.0. The van der Waals surface area contributed by atoms with Crippen LogP contribution in [0.5, 0.6) is 5.75 Å². The first kappa shape index (κ1) is 27.2. The summed E-state index contributed by atoms with van der Waals surface area (Å²) in [7, 11) is 1.64. The van der Waals surface area contributed by atoms with E-state index in [1.807, 2.05) is 41.3 Å². The lowest BCUT2D eigenvalue weighted by Crippen LogP contribution is -2.44. The molecule has 0 unspecified atom stereocenters. The molecule has 4 aromatic rings. The van der Waals surface area contributed by atoms with E-state index in [4.69, 9.17) is 20.8 Å². The van der Waals surface area contributed by atoms with Gasteiger partial charge in [-0.05, 0) is 79.2 Å². The smallest absolute Gasteiger partial charge is 0.254 e. The second-order valence-electron chi connectivity index (χ2n) is 9.47. The van der Waals surface area contributed by atoms with Crippen molar-refractivity contribution in [1.82, 2.24) is 20.0 Å². The van der Waals surface area contributed by atoms with Gasteiger partial charge < -0.3 is 23.9 Å². The highest BCUT2D eigenvalue weighted by Crippen LogP contribution is 2.22. The Hall–Kier alpha value is -4.37. The summed E-state index contributed by atoms with van der Waals surface area (Å²) in [5.41, 5.74) is 2.20. The predicted molar refractivity (Wildman–Crippen MR) is 152 cm³/mol. The van der Waals surface area contributed by atoms with Gasteiger partial charge in [-0.15, -0.1) is 10.2 Å². The van der Waals surface area contributed by atoms with Crippen molar-refractivity contribution in [1.29, 1.82) is 0 Å². The van der Waals surface area contributed by atoms with Gasteiger partial charge in [-0.25, -0.2) is 0 Å². The highest BCUT2D eigenvalue weighted by molar-refractivity contribution is 6.30. The van der Waals surface area contributed by atoms with Crippen molar-refractivity contribution < 1.29 is 18.7 Å². The van der Waals surface area contributed by atoms with E-state index >= 15 is 0 Å². The van der Waals surface area contributed by atoms with Gasteiger partial charge in [0.05, 0.1) is 25.6 Å². The van der Waals surface area contributed by atoms with Gasteiger partial charge in [-0.1, -0.05) is 11.6 Å². The van der Waals surface area contributed by atoms with Crippen molar-refractivity contribution in [3.8, 4) is 17.0 Å². The van der Waals surface area contributed by atoms with E-state index in [9.17, 15) is 9.59 Å². The number of hydrogen-bond acceptors (Lipinski definition) is 7. The van der Waals surface area contributed by atoms with Crippen LogP contribution in [0.1, 0.15) is 22.5 Å². The molecule has 206 valence electrons. The molecule has 0 radical (unpaired) electrons. The van der Waals surface area contributed by atoms with Crippen molar-refractivity contribution in [2.75, 3.05) is 44.7 Å². The Kier molecular flexibility index (Phi) is 8.61. The maximum Gasteiger partial charge on any atom is 0.254 e. The number of amides is 2. The number of halogens is 1. The SMILES string of the molecule is COc1ccc(-c2ccc(N3CCCN(C(=O)CN(Cc4ccco4)C(=O)c4ccc(Cl)cc4)CC3)nn2)cc1. The molecule has 9 nitrogen and oxygen atoms in total. The maximum atomic E-state index is 13.4. The first-order valence-corrected chi connectivity index (χ1v) is 13.5. The highest BCUT2D eigenvalue weighted by Gasteiger charge is 2.25. The van der Waals surface area contributed by atoms with Gasteiger partial charge in [0.25, 0.3) is 5.91 Å². The van der Waals surface area contributed by atoms with Gasteiger partial charge >= 0.3 is 0 Å². The second-order valence-corrected chi connectivity index (χ2v) is 9.91. The van der Waals surface area contributed by atoms with Crippen LogP contribution in [0.2, 0.25) is 5.02 Å². The number of anilines is 1. The molecular formula is C30H30ClN5O4. The fourth-order valence-corrected chi connectivity index (χ4v) is 4.76. The summed E-state index contributed by atoms with van der Waals surface area (Å²) in [6.45, 7) is 2.61. The number of ether oxygens (including phenoxy) is 1. The van der Waals surface area contributed by atoms with E-state index < -0.39 is 0 Å². The van der Waals surface area contributed by atoms with E-state index in [0.717, 1.165) is 35.8 Å². The molecule has 2 amide bonds. The van der Waals surface area contributed by atoms with Crippen LogP contribution in [-0.4, -0.2) is 71.6 Å². The summed E-state index contributed by atoms with van der Waals surface area (Å²) < 4.78 is 10.7. The zero-order chi connectivity index (χ0) is 27.9. The average molecular weight is 560 g/mol. The number of carbonyl (C=O) groups excluding carboxylic acids is 2. The van der Waals surface area contributed by atoms with Crippen molar-refractivity contribution >= 4 is 29.2 Å². The largest absolute Gasteiger partial charge is 0.497 e. The minimum atomic E-state index is -0.259. The third-order valence-electron chi connectivity index (χ3n) is 6.84. The first-order chi connectivity index (χ1) is 19.5. The Bertz CT molecular complexity index is 1410. The number of hydrogen-bond donors (Lipinski definition) is 0. The lowest BCUT2D eigenvalue weighted by Gasteiger charge is -2.27. The summed E-state index contributed by atoms with van der Waals surface area (Å²) in [6, 6.07) is 21.8. The molecule has 2 aromatic heterocycles. The van der Waals surface area contributed by atoms with Crippen LogP contribution in [0.4, 0.5) is 5.82 Å². The van der Waals surface area contributed by atoms with Gasteiger partial charge in [0.2, 0.25) is 5.91 Å². The van der Waals surface area contributed by atoms with Gasteiger partial charge in [-0.2, -0.15) is 0 Å². The molecule has 2 aromatic carbocycles. The molecule has 0 aliphatic carbocycles. The fourth-order valence-electron chi connectivity index (χ4n) is 4.63. The molecule has 0 bridgehead atoms. The molecule has 0 N–H and O–H groups in total. The Labute approximate surface area is 237 Å². The number of carbonyl (C=O) groups is 2. The molecule has 1 aliphatic rings. The topological polar surface area (TPSA) is 92.0 Å². The lowest BCUT2D eigenvalue weighted by atomic mass is 10.1. The molecular weight excluding hydrogens is 530 g/mol. The molecule has 40 heavy (non-hydrogen) atoms. The van der Waals surface area contributed by atoms with Crippen molar-refractivity contribution in [2.45, 2.75) is 13.0 Å². The highest BCUT2D eigenvalue weighted by atomic mass is 35.5. The number of benzene rings is 2. The van der Waals surface area contributed by atoms with Gasteiger partial charge in [0.15, 0.2) is 5.82 Å². The Morgan fingerprint density at radius 2 is 1.75 bits per heavy atom. The first-order valence-electron chi connectivity index (χ1n) is 13.1. The van der Waals surface area contributed by atoms with Crippen molar-refractivity contribution in [3.05, 3.63) is 95.4 Å². The van der Waals surface area contributed by atoms with Gasteiger partial charge in [-0.3, -0.25) is 9.59 Å². The third kappa shape index (κ3) is 6.60. The average Bonchev–Trinajstić information content (AvgIpc) is 3.38. The summed E-state index contributed by atoms with van der Waals surface area (Å²) in [5.74, 6) is 1.79. The van der Waals surface area contributed by atoms with E-state index in [1.165, 1.54) is 4.90 Å². The molecule has 10 heteroatoms. The van der Waals surface area contributed by atoms with Crippen LogP contribution < -0.4 is 9.64 Å². The minimum Gasteiger partial charge on any atom is -0.497 e. The maximum absolute atomic E-state index is 13.4. The monoisotopic (exact) mass is 559 g/mol. The number of furan rings is 1. The standard InChI is InChI=1S/C30H30ClN5O4/c1-39-25-11-7-22(8-12-25)27-13-14-28(33-32-27)34-15-3-16-35(18-17-34)29(37)21-36(20-26-4-2-19-40-26)30(38)23-5-9-24(31)10-6-23/h2,4-14,19H,3,15-18,20-21H2,1H3.